The zero-order valence-electron chi connectivity index (χ0n) is 11.1. The highest BCUT2D eigenvalue weighted by Crippen LogP contribution is 2.32. The van der Waals surface area contributed by atoms with E-state index in [1.54, 1.807) is 6.92 Å². The SMILES string of the molecule is Cc1cc(C(=O)NC2(C(=O)O)CCC(C)CC2)on1. The fourth-order valence-electron chi connectivity index (χ4n) is 2.40. The highest BCUT2D eigenvalue weighted by atomic mass is 16.5. The molecule has 0 spiro atoms. The van der Waals surface area contributed by atoms with Crippen molar-refractivity contribution < 1.29 is 19.2 Å². The second kappa shape index (κ2) is 5.03. The minimum absolute atomic E-state index is 0.0525. The summed E-state index contributed by atoms with van der Waals surface area (Å²) >= 11 is 0. The van der Waals surface area contributed by atoms with E-state index in [1.807, 2.05) is 0 Å². The molecule has 1 amide bonds. The molecule has 6 nitrogen and oxygen atoms in total. The van der Waals surface area contributed by atoms with E-state index in [-0.39, 0.29) is 5.76 Å². The number of aliphatic carboxylic acids is 1. The zero-order chi connectivity index (χ0) is 14.0. The van der Waals surface area contributed by atoms with Crippen LogP contribution in [0.4, 0.5) is 0 Å². The molecule has 2 N–H and O–H groups in total. The topological polar surface area (TPSA) is 92.4 Å². The van der Waals surface area contributed by atoms with Crippen LogP contribution in [0.5, 0.6) is 0 Å². The molecular weight excluding hydrogens is 248 g/mol. The number of carbonyl (C=O) groups excluding carboxylic acids is 1. The summed E-state index contributed by atoms with van der Waals surface area (Å²) in [6.45, 7) is 3.79. The largest absolute Gasteiger partial charge is 0.480 e. The minimum Gasteiger partial charge on any atom is -0.480 e. The Kier molecular flexibility index (Phi) is 3.59. The lowest BCUT2D eigenvalue weighted by Gasteiger charge is -2.36. The molecule has 6 heteroatoms. The third-order valence-electron chi connectivity index (χ3n) is 3.74. The van der Waals surface area contributed by atoms with Gasteiger partial charge in [-0.3, -0.25) is 4.79 Å². The maximum Gasteiger partial charge on any atom is 0.329 e. The van der Waals surface area contributed by atoms with Gasteiger partial charge in [-0.25, -0.2) is 4.79 Å². The molecule has 0 atom stereocenters. The van der Waals surface area contributed by atoms with Crippen LogP contribution in [0.1, 0.15) is 48.9 Å². The van der Waals surface area contributed by atoms with Crippen molar-refractivity contribution in [1.29, 1.82) is 0 Å². The van der Waals surface area contributed by atoms with Crippen LogP contribution in [-0.4, -0.2) is 27.7 Å². The molecule has 1 aromatic heterocycles. The first-order valence-electron chi connectivity index (χ1n) is 6.42. The number of nitrogens with zero attached hydrogens (tertiary/aromatic N) is 1. The van der Waals surface area contributed by atoms with Crippen LogP contribution < -0.4 is 5.32 Å². The molecule has 0 bridgehead atoms. The highest BCUT2D eigenvalue weighted by molar-refractivity contribution is 5.95. The number of carboxylic acids is 1. The third-order valence-corrected chi connectivity index (χ3v) is 3.74. The van der Waals surface area contributed by atoms with Crippen molar-refractivity contribution in [3.63, 3.8) is 0 Å². The van der Waals surface area contributed by atoms with E-state index in [0.29, 0.717) is 24.5 Å². The summed E-state index contributed by atoms with van der Waals surface area (Å²) in [6, 6.07) is 1.50. The molecular formula is C13H18N2O4. The van der Waals surface area contributed by atoms with E-state index in [2.05, 4.69) is 17.4 Å². The molecule has 0 aliphatic heterocycles. The lowest BCUT2D eigenvalue weighted by molar-refractivity contribution is -0.146. The van der Waals surface area contributed by atoms with Gasteiger partial charge in [0.1, 0.15) is 5.54 Å². The minimum atomic E-state index is -1.18. The van der Waals surface area contributed by atoms with Crippen LogP contribution in [0.2, 0.25) is 0 Å². The van der Waals surface area contributed by atoms with Gasteiger partial charge in [0.05, 0.1) is 5.69 Å². The standard InChI is InChI=1S/C13H18N2O4/c1-8-3-5-13(6-4-8,12(17)18)14-11(16)10-7-9(2)15-19-10/h7-8H,3-6H2,1-2H3,(H,14,16)(H,17,18). The van der Waals surface area contributed by atoms with Crippen LogP contribution in [0.3, 0.4) is 0 Å². The Morgan fingerprint density at radius 1 is 1.47 bits per heavy atom. The Hall–Kier alpha value is -1.85. The lowest BCUT2D eigenvalue weighted by Crippen LogP contribution is -2.56. The summed E-state index contributed by atoms with van der Waals surface area (Å²) in [5.74, 6) is -0.949. The summed E-state index contributed by atoms with van der Waals surface area (Å²) in [4.78, 5) is 23.5. The van der Waals surface area contributed by atoms with E-state index in [9.17, 15) is 14.7 Å². The van der Waals surface area contributed by atoms with Crippen molar-refractivity contribution in [1.82, 2.24) is 10.5 Å². The van der Waals surface area contributed by atoms with Gasteiger partial charge in [-0.2, -0.15) is 0 Å². The van der Waals surface area contributed by atoms with Crippen molar-refractivity contribution in [2.45, 2.75) is 45.1 Å². The number of carboxylic acid groups (broad SMARTS) is 1. The van der Waals surface area contributed by atoms with Crippen molar-refractivity contribution in [3.8, 4) is 0 Å². The molecule has 0 radical (unpaired) electrons. The summed E-state index contributed by atoms with van der Waals surface area (Å²) < 4.78 is 4.86. The molecule has 1 heterocycles. The number of hydrogen-bond donors (Lipinski definition) is 2. The predicted octanol–water partition coefficient (Wildman–Crippen LogP) is 1.75. The number of hydrogen-bond acceptors (Lipinski definition) is 4. The molecule has 1 aromatic rings. The Morgan fingerprint density at radius 2 is 2.11 bits per heavy atom. The lowest BCUT2D eigenvalue weighted by atomic mass is 9.77. The second-order valence-electron chi connectivity index (χ2n) is 5.36. The maximum absolute atomic E-state index is 12.0. The fraction of sp³-hybridized carbons (Fsp3) is 0.615. The van der Waals surface area contributed by atoms with Crippen molar-refractivity contribution in [2.24, 2.45) is 5.92 Å². The van der Waals surface area contributed by atoms with E-state index in [1.165, 1.54) is 6.07 Å². The van der Waals surface area contributed by atoms with Gasteiger partial charge in [-0.05, 0) is 38.5 Å². The number of rotatable bonds is 3. The van der Waals surface area contributed by atoms with E-state index in [0.717, 1.165) is 12.8 Å². The normalized spacial score (nSPS) is 26.9. The van der Waals surface area contributed by atoms with Crippen molar-refractivity contribution in [3.05, 3.63) is 17.5 Å². The van der Waals surface area contributed by atoms with Crippen LogP contribution in [0, 0.1) is 12.8 Å². The Bertz CT molecular complexity index is 487. The van der Waals surface area contributed by atoms with E-state index in [4.69, 9.17) is 4.52 Å². The van der Waals surface area contributed by atoms with E-state index < -0.39 is 17.4 Å². The molecule has 104 valence electrons. The molecule has 2 rings (SSSR count). The van der Waals surface area contributed by atoms with Crippen molar-refractivity contribution >= 4 is 11.9 Å². The summed E-state index contributed by atoms with van der Waals surface area (Å²) in [6.07, 6.45) is 2.48. The molecule has 1 aliphatic rings. The van der Waals surface area contributed by atoms with E-state index >= 15 is 0 Å². The second-order valence-corrected chi connectivity index (χ2v) is 5.36. The molecule has 0 aromatic carbocycles. The van der Waals surface area contributed by atoms with Crippen LogP contribution in [0.25, 0.3) is 0 Å². The van der Waals surface area contributed by atoms with Gasteiger partial charge in [0.25, 0.3) is 5.91 Å². The Balaban J connectivity index is 2.13. The molecule has 19 heavy (non-hydrogen) atoms. The zero-order valence-corrected chi connectivity index (χ0v) is 11.1. The molecule has 1 saturated carbocycles. The quantitative estimate of drug-likeness (QED) is 0.869. The van der Waals surface area contributed by atoms with Crippen LogP contribution >= 0.6 is 0 Å². The van der Waals surface area contributed by atoms with Crippen LogP contribution in [0.15, 0.2) is 10.6 Å². The number of aromatic nitrogens is 1. The number of carbonyl (C=O) groups is 2. The first-order valence-corrected chi connectivity index (χ1v) is 6.42. The average Bonchev–Trinajstić information content (AvgIpc) is 2.79. The Labute approximate surface area is 111 Å². The van der Waals surface area contributed by atoms with Gasteiger partial charge in [0.2, 0.25) is 5.76 Å². The van der Waals surface area contributed by atoms with Gasteiger partial charge in [-0.15, -0.1) is 0 Å². The van der Waals surface area contributed by atoms with Crippen molar-refractivity contribution in [2.75, 3.05) is 0 Å². The predicted molar refractivity (Wildman–Crippen MR) is 66.7 cm³/mol. The Morgan fingerprint density at radius 3 is 2.58 bits per heavy atom. The fourth-order valence-corrected chi connectivity index (χ4v) is 2.40. The number of aryl methyl sites for hydroxylation is 1. The highest BCUT2D eigenvalue weighted by Gasteiger charge is 2.43. The third kappa shape index (κ3) is 2.77. The van der Waals surface area contributed by atoms with Gasteiger partial charge < -0.3 is 14.9 Å². The molecule has 0 unspecified atom stereocenters. The molecule has 0 saturated heterocycles. The first kappa shape index (κ1) is 13.6. The summed E-state index contributed by atoms with van der Waals surface area (Å²) in [5, 5.41) is 15.7. The maximum atomic E-state index is 12.0. The average molecular weight is 266 g/mol. The monoisotopic (exact) mass is 266 g/mol. The molecule has 1 fully saturated rings. The summed E-state index contributed by atoms with van der Waals surface area (Å²) in [7, 11) is 0. The number of amides is 1. The smallest absolute Gasteiger partial charge is 0.329 e. The molecule has 1 aliphatic carbocycles. The van der Waals surface area contributed by atoms with Gasteiger partial charge in [0.15, 0.2) is 0 Å². The van der Waals surface area contributed by atoms with Gasteiger partial charge in [0, 0.05) is 6.07 Å². The van der Waals surface area contributed by atoms with Gasteiger partial charge >= 0.3 is 5.97 Å². The first-order chi connectivity index (χ1) is 8.93. The van der Waals surface area contributed by atoms with Gasteiger partial charge in [-0.1, -0.05) is 12.1 Å². The van der Waals surface area contributed by atoms with Crippen LogP contribution in [-0.2, 0) is 4.79 Å². The number of nitrogens with one attached hydrogen (secondary N) is 1. The summed E-state index contributed by atoms with van der Waals surface area (Å²) in [5.41, 5.74) is -0.587.